The van der Waals surface area contributed by atoms with Crippen molar-refractivity contribution in [2.45, 2.75) is 0 Å². The molecule has 34 valence electrons. The Kier molecular flexibility index (Phi) is 1.35. The Morgan fingerprint density at radius 1 is 1.71 bits per heavy atom. The second-order valence-electron chi connectivity index (χ2n) is 1.08. The highest BCUT2D eigenvalue weighted by atomic mass is 79.9. The zero-order valence-corrected chi connectivity index (χ0v) is 5.14. The Bertz CT molecular complexity index is 144. The molecule has 0 aromatic carbocycles. The number of hydrogen-bond acceptors (Lipinski definition) is 1. The number of aliphatic imine (C=N–C) groups is 1. The Morgan fingerprint density at radius 2 is 2.57 bits per heavy atom. The molecule has 7 heavy (non-hydrogen) atoms. The number of rotatable bonds is 0. The Hall–Kier alpha value is -0.460. The fourth-order valence-electron chi connectivity index (χ4n) is 0.302. The summed E-state index contributed by atoms with van der Waals surface area (Å²) >= 11 is 3.18. The third-order valence-electron chi connectivity index (χ3n) is 0.580. The van der Waals surface area contributed by atoms with Crippen LogP contribution in [0.15, 0.2) is 23.3 Å². The largest absolute Gasteiger partial charge is 0.197 e. The summed E-state index contributed by atoms with van der Waals surface area (Å²) in [7, 11) is 0. The highest BCUT2D eigenvalue weighted by molar-refractivity contribution is 9.18. The zero-order chi connectivity index (χ0) is 5.11. The molecule has 1 aliphatic heterocycles. The fourth-order valence-corrected chi connectivity index (χ4v) is 0.536. The lowest BCUT2D eigenvalue weighted by Crippen LogP contribution is -1.78. The predicted octanol–water partition coefficient (Wildman–Crippen LogP) is 1.67. The lowest BCUT2D eigenvalue weighted by molar-refractivity contribution is 1.54. The number of nitrogens with zero attached hydrogens (tertiary/aromatic N) is 1. The average Bonchev–Trinajstić information content (AvgIpc) is 1.69. The van der Waals surface area contributed by atoms with E-state index in [1.165, 1.54) is 0 Å². The van der Waals surface area contributed by atoms with Crippen molar-refractivity contribution in [3.05, 3.63) is 24.4 Å². The van der Waals surface area contributed by atoms with Gasteiger partial charge in [0.25, 0.3) is 0 Å². The van der Waals surface area contributed by atoms with E-state index in [0.29, 0.717) is 0 Å². The maximum Gasteiger partial charge on any atom is 0.191 e. The third kappa shape index (κ3) is 1.22. The van der Waals surface area contributed by atoms with Crippen molar-refractivity contribution in [3.8, 4) is 0 Å². The minimum absolute atomic E-state index is 0.853. The summed E-state index contributed by atoms with van der Waals surface area (Å²) in [5, 5.41) is 0. The van der Waals surface area contributed by atoms with Crippen LogP contribution in [0.2, 0.25) is 0 Å². The van der Waals surface area contributed by atoms with Crippen LogP contribution in [0.25, 0.3) is 0 Å². The summed E-state index contributed by atoms with van der Waals surface area (Å²) in [6.07, 6.45) is 8.04. The van der Waals surface area contributed by atoms with Crippen LogP contribution in [0.5, 0.6) is 0 Å². The van der Waals surface area contributed by atoms with Crippen LogP contribution in [0.3, 0.4) is 0 Å². The maximum absolute atomic E-state index is 3.84. The first-order chi connectivity index (χ1) is 3.39. The van der Waals surface area contributed by atoms with E-state index in [0.717, 1.165) is 4.62 Å². The Balaban J connectivity index is 2.82. The van der Waals surface area contributed by atoms with Crippen LogP contribution < -0.4 is 0 Å². The summed E-state index contributed by atoms with van der Waals surface area (Å²) < 4.78 is 0.853. The van der Waals surface area contributed by atoms with Crippen LogP contribution in [-0.4, -0.2) is 4.62 Å². The SMILES string of the molecule is BrC1=NC=[C+]C=C1. The summed E-state index contributed by atoms with van der Waals surface area (Å²) in [5.41, 5.74) is 0. The van der Waals surface area contributed by atoms with Gasteiger partial charge < -0.3 is 0 Å². The molecule has 1 aliphatic rings. The van der Waals surface area contributed by atoms with Crippen LogP contribution in [0, 0.1) is 6.08 Å². The van der Waals surface area contributed by atoms with Gasteiger partial charge in [0.2, 0.25) is 0 Å². The minimum atomic E-state index is 0.853. The smallest absolute Gasteiger partial charge is 0.191 e. The second kappa shape index (κ2) is 2.01. The van der Waals surface area contributed by atoms with Gasteiger partial charge in [-0.1, -0.05) is 0 Å². The molecule has 0 fully saturated rings. The molecule has 1 nitrogen and oxygen atoms in total. The van der Waals surface area contributed by atoms with Gasteiger partial charge in [0.1, 0.15) is 12.2 Å². The highest BCUT2D eigenvalue weighted by Gasteiger charge is 1.94. The van der Waals surface area contributed by atoms with Crippen molar-refractivity contribution in [2.24, 2.45) is 4.99 Å². The predicted molar refractivity (Wildman–Crippen MR) is 33.3 cm³/mol. The van der Waals surface area contributed by atoms with Crippen LogP contribution in [0.1, 0.15) is 0 Å². The number of halogens is 1. The first kappa shape index (κ1) is 4.69. The summed E-state index contributed by atoms with van der Waals surface area (Å²) in [4.78, 5) is 3.84. The van der Waals surface area contributed by atoms with Crippen molar-refractivity contribution >= 4 is 20.6 Å². The van der Waals surface area contributed by atoms with E-state index < -0.39 is 0 Å². The molecular weight excluding hydrogens is 154 g/mol. The van der Waals surface area contributed by atoms with Gasteiger partial charge in [0.15, 0.2) is 16.9 Å². The van der Waals surface area contributed by atoms with Crippen molar-refractivity contribution < 1.29 is 0 Å². The molecule has 0 amide bonds. The molecular formula is C5H3BrN+. The zero-order valence-electron chi connectivity index (χ0n) is 3.56. The first-order valence-electron chi connectivity index (χ1n) is 1.87. The van der Waals surface area contributed by atoms with E-state index in [1.807, 2.05) is 6.08 Å². The van der Waals surface area contributed by atoms with E-state index in [-0.39, 0.29) is 0 Å². The van der Waals surface area contributed by atoms with E-state index in [1.54, 1.807) is 12.3 Å². The van der Waals surface area contributed by atoms with Gasteiger partial charge in [-0.3, -0.25) is 0 Å². The van der Waals surface area contributed by atoms with Gasteiger partial charge in [-0.2, -0.15) is 4.99 Å². The molecule has 0 spiro atoms. The summed E-state index contributed by atoms with van der Waals surface area (Å²) in [6, 6.07) is 0. The lowest BCUT2D eigenvalue weighted by atomic mass is 10.4. The molecule has 0 aromatic heterocycles. The van der Waals surface area contributed by atoms with Crippen LogP contribution in [0.4, 0.5) is 0 Å². The Labute approximate surface area is 50.6 Å². The van der Waals surface area contributed by atoms with Crippen molar-refractivity contribution in [3.63, 3.8) is 0 Å². The van der Waals surface area contributed by atoms with Gasteiger partial charge >= 0.3 is 0 Å². The normalized spacial score (nSPS) is 15.9. The molecule has 1 heterocycles. The molecule has 0 atom stereocenters. The molecule has 0 aliphatic carbocycles. The molecule has 2 heteroatoms. The van der Waals surface area contributed by atoms with Crippen LogP contribution >= 0.6 is 15.9 Å². The van der Waals surface area contributed by atoms with Gasteiger partial charge in [0, 0.05) is 0 Å². The number of allylic oxidation sites excluding steroid dienone is 3. The van der Waals surface area contributed by atoms with E-state index in [4.69, 9.17) is 0 Å². The maximum atomic E-state index is 3.84. The van der Waals surface area contributed by atoms with Crippen molar-refractivity contribution in [1.82, 2.24) is 0 Å². The van der Waals surface area contributed by atoms with Gasteiger partial charge in [-0.25, -0.2) is 0 Å². The quantitative estimate of drug-likeness (QED) is 0.474. The summed E-state index contributed by atoms with van der Waals surface area (Å²) in [6.45, 7) is 0. The van der Waals surface area contributed by atoms with Gasteiger partial charge in [-0.05, 0) is 15.9 Å². The van der Waals surface area contributed by atoms with Gasteiger partial charge in [0.05, 0.1) is 0 Å². The molecule has 0 saturated carbocycles. The molecule has 0 radical (unpaired) electrons. The molecule has 0 saturated heterocycles. The lowest BCUT2D eigenvalue weighted by Gasteiger charge is -1.75. The van der Waals surface area contributed by atoms with Crippen LogP contribution in [-0.2, 0) is 0 Å². The topological polar surface area (TPSA) is 12.4 Å². The third-order valence-corrected chi connectivity index (χ3v) is 1.05. The molecule has 0 N–H and O–H groups in total. The van der Waals surface area contributed by atoms with E-state index >= 15 is 0 Å². The second-order valence-corrected chi connectivity index (χ2v) is 1.89. The molecule has 0 bridgehead atoms. The molecule has 0 unspecified atom stereocenters. The molecule has 0 aromatic rings. The van der Waals surface area contributed by atoms with Gasteiger partial charge in [-0.15, -0.1) is 0 Å². The van der Waals surface area contributed by atoms with Crippen molar-refractivity contribution in [2.75, 3.05) is 0 Å². The molecule has 1 rings (SSSR count). The standard InChI is InChI=1S/C5H3BrN/c6-5-3-1-2-4-7-5/h1,3-4H/q+1. The first-order valence-corrected chi connectivity index (χ1v) is 2.66. The monoisotopic (exact) mass is 156 g/mol. The highest BCUT2D eigenvalue weighted by Crippen LogP contribution is 1.97. The number of hydrogen-bond donors (Lipinski definition) is 0. The fraction of sp³-hybridized carbons (Fsp3) is 0. The van der Waals surface area contributed by atoms with E-state index in [2.05, 4.69) is 27.0 Å². The minimum Gasteiger partial charge on any atom is -0.197 e. The summed E-state index contributed by atoms with van der Waals surface area (Å²) in [5.74, 6) is 0. The average molecular weight is 157 g/mol. The van der Waals surface area contributed by atoms with E-state index in [9.17, 15) is 0 Å². The van der Waals surface area contributed by atoms with Crippen molar-refractivity contribution in [1.29, 1.82) is 0 Å². The Morgan fingerprint density at radius 3 is 2.86 bits per heavy atom.